The molecule has 2 aromatic carbocycles. The Labute approximate surface area is 115 Å². The number of rotatable bonds is 2. The average molecular weight is 263 g/mol. The Hall–Kier alpha value is -2.88. The van der Waals surface area contributed by atoms with Crippen LogP contribution in [0.3, 0.4) is 0 Å². The standard InChI is InChI=1S/C16H13N3O/c17-14-13(11-7-3-1-4-8-11)15(18-19-16(14)20)12-9-5-2-6-10-12/h1-10H,(H2,17,18)(H,19,20). The van der Waals surface area contributed by atoms with Crippen molar-refractivity contribution in [2.24, 2.45) is 0 Å². The molecule has 3 aromatic rings. The van der Waals surface area contributed by atoms with Crippen LogP contribution in [0.5, 0.6) is 0 Å². The van der Waals surface area contributed by atoms with Crippen LogP contribution >= 0.6 is 0 Å². The first-order valence-electron chi connectivity index (χ1n) is 6.26. The highest BCUT2D eigenvalue weighted by atomic mass is 16.1. The first-order chi connectivity index (χ1) is 9.77. The summed E-state index contributed by atoms with van der Waals surface area (Å²) < 4.78 is 0. The first-order valence-corrected chi connectivity index (χ1v) is 6.26. The molecule has 0 saturated heterocycles. The topological polar surface area (TPSA) is 71.8 Å². The van der Waals surface area contributed by atoms with Crippen LogP contribution in [-0.2, 0) is 0 Å². The lowest BCUT2D eigenvalue weighted by Gasteiger charge is -2.10. The maximum atomic E-state index is 11.8. The molecule has 3 N–H and O–H groups in total. The van der Waals surface area contributed by atoms with Crippen LogP contribution in [0.2, 0.25) is 0 Å². The summed E-state index contributed by atoms with van der Waals surface area (Å²) in [5.41, 5.74) is 8.91. The van der Waals surface area contributed by atoms with Crippen molar-refractivity contribution in [1.82, 2.24) is 10.2 Å². The Morgan fingerprint density at radius 1 is 0.850 bits per heavy atom. The van der Waals surface area contributed by atoms with Crippen molar-refractivity contribution < 1.29 is 0 Å². The molecule has 4 heteroatoms. The van der Waals surface area contributed by atoms with Crippen molar-refractivity contribution in [2.45, 2.75) is 0 Å². The second-order valence-corrected chi connectivity index (χ2v) is 4.42. The van der Waals surface area contributed by atoms with Crippen molar-refractivity contribution in [3.63, 3.8) is 0 Å². The fourth-order valence-corrected chi connectivity index (χ4v) is 2.17. The van der Waals surface area contributed by atoms with Gasteiger partial charge in [0.05, 0.1) is 0 Å². The van der Waals surface area contributed by atoms with E-state index in [1.165, 1.54) is 0 Å². The summed E-state index contributed by atoms with van der Waals surface area (Å²) in [6, 6.07) is 19.2. The SMILES string of the molecule is Nc1c(-c2ccccc2)c(-c2ccccc2)n[nH]c1=O. The van der Waals surface area contributed by atoms with Gasteiger partial charge >= 0.3 is 0 Å². The van der Waals surface area contributed by atoms with E-state index in [0.29, 0.717) is 11.3 Å². The highest BCUT2D eigenvalue weighted by Gasteiger charge is 2.14. The van der Waals surface area contributed by atoms with Crippen LogP contribution in [0.15, 0.2) is 65.5 Å². The average Bonchev–Trinajstić information content (AvgIpc) is 2.51. The number of anilines is 1. The number of aromatic amines is 1. The Kier molecular flexibility index (Phi) is 3.05. The Balaban J connectivity index is 2.32. The molecule has 0 amide bonds. The van der Waals surface area contributed by atoms with Crippen molar-refractivity contribution in [1.29, 1.82) is 0 Å². The molecule has 4 nitrogen and oxygen atoms in total. The molecular weight excluding hydrogens is 250 g/mol. The summed E-state index contributed by atoms with van der Waals surface area (Å²) in [5.74, 6) is 0. The van der Waals surface area contributed by atoms with Gasteiger partial charge in [-0.25, -0.2) is 5.10 Å². The molecule has 0 aliphatic carbocycles. The molecule has 98 valence electrons. The van der Waals surface area contributed by atoms with Crippen molar-refractivity contribution in [2.75, 3.05) is 5.73 Å². The fraction of sp³-hybridized carbons (Fsp3) is 0. The molecule has 0 aliphatic rings. The third kappa shape index (κ3) is 2.07. The molecule has 0 atom stereocenters. The summed E-state index contributed by atoms with van der Waals surface area (Å²) >= 11 is 0. The Morgan fingerprint density at radius 2 is 1.40 bits per heavy atom. The maximum Gasteiger partial charge on any atom is 0.287 e. The monoisotopic (exact) mass is 263 g/mol. The molecule has 0 saturated carbocycles. The molecule has 0 fully saturated rings. The van der Waals surface area contributed by atoms with E-state index in [0.717, 1.165) is 11.1 Å². The maximum absolute atomic E-state index is 11.8. The molecule has 0 bridgehead atoms. The molecule has 0 radical (unpaired) electrons. The largest absolute Gasteiger partial charge is 0.394 e. The van der Waals surface area contributed by atoms with Gasteiger partial charge in [-0.1, -0.05) is 60.7 Å². The van der Waals surface area contributed by atoms with E-state index >= 15 is 0 Å². The molecule has 1 aromatic heterocycles. The fourth-order valence-electron chi connectivity index (χ4n) is 2.17. The zero-order valence-corrected chi connectivity index (χ0v) is 10.7. The van der Waals surface area contributed by atoms with Gasteiger partial charge in [0.1, 0.15) is 11.4 Å². The summed E-state index contributed by atoms with van der Waals surface area (Å²) in [6.45, 7) is 0. The third-order valence-corrected chi connectivity index (χ3v) is 3.13. The van der Waals surface area contributed by atoms with Crippen molar-refractivity contribution >= 4 is 5.69 Å². The highest BCUT2D eigenvalue weighted by Crippen LogP contribution is 2.32. The Bertz CT molecular complexity index is 780. The summed E-state index contributed by atoms with van der Waals surface area (Å²) in [7, 11) is 0. The second kappa shape index (κ2) is 5.01. The van der Waals surface area contributed by atoms with Gasteiger partial charge in [0.15, 0.2) is 0 Å². The van der Waals surface area contributed by atoms with Gasteiger partial charge in [-0.2, -0.15) is 5.10 Å². The van der Waals surface area contributed by atoms with E-state index < -0.39 is 0 Å². The van der Waals surface area contributed by atoms with E-state index in [-0.39, 0.29) is 11.2 Å². The van der Waals surface area contributed by atoms with Gasteiger partial charge in [-0.15, -0.1) is 0 Å². The highest BCUT2D eigenvalue weighted by molar-refractivity contribution is 5.87. The van der Waals surface area contributed by atoms with Gasteiger partial charge in [0.25, 0.3) is 5.56 Å². The molecule has 0 spiro atoms. The normalized spacial score (nSPS) is 10.4. The molecule has 0 unspecified atom stereocenters. The first kappa shape index (κ1) is 12.2. The van der Waals surface area contributed by atoms with Crippen LogP contribution < -0.4 is 11.3 Å². The van der Waals surface area contributed by atoms with E-state index in [9.17, 15) is 4.79 Å². The van der Waals surface area contributed by atoms with E-state index in [4.69, 9.17) is 5.73 Å². The minimum absolute atomic E-state index is 0.185. The number of hydrogen-bond acceptors (Lipinski definition) is 3. The van der Waals surface area contributed by atoms with E-state index in [1.807, 2.05) is 60.7 Å². The van der Waals surface area contributed by atoms with Crippen molar-refractivity contribution in [3.8, 4) is 22.4 Å². The quantitative estimate of drug-likeness (QED) is 0.746. The van der Waals surface area contributed by atoms with Gasteiger partial charge in [-0.3, -0.25) is 4.79 Å². The lowest BCUT2D eigenvalue weighted by Crippen LogP contribution is -2.15. The number of nitrogen functional groups attached to an aromatic ring is 1. The molecule has 0 aliphatic heterocycles. The van der Waals surface area contributed by atoms with Crippen LogP contribution in [0, 0.1) is 0 Å². The van der Waals surface area contributed by atoms with Gasteiger partial charge in [0.2, 0.25) is 0 Å². The van der Waals surface area contributed by atoms with Crippen LogP contribution in [-0.4, -0.2) is 10.2 Å². The molecule has 1 heterocycles. The zero-order chi connectivity index (χ0) is 13.9. The van der Waals surface area contributed by atoms with E-state index in [2.05, 4.69) is 10.2 Å². The molecule has 3 rings (SSSR count). The number of nitrogens with two attached hydrogens (primary N) is 1. The van der Waals surface area contributed by atoms with Gasteiger partial charge in [-0.05, 0) is 5.56 Å². The minimum atomic E-state index is -0.372. The third-order valence-electron chi connectivity index (χ3n) is 3.13. The predicted molar refractivity (Wildman–Crippen MR) is 80.1 cm³/mol. The molecular formula is C16H13N3O. The summed E-state index contributed by atoms with van der Waals surface area (Å²) in [4.78, 5) is 11.8. The number of nitrogens with zero attached hydrogens (tertiary/aromatic N) is 1. The number of H-pyrrole nitrogens is 1. The predicted octanol–water partition coefficient (Wildman–Crippen LogP) is 2.69. The van der Waals surface area contributed by atoms with Crippen LogP contribution in [0.4, 0.5) is 5.69 Å². The number of hydrogen-bond donors (Lipinski definition) is 2. The smallest absolute Gasteiger partial charge is 0.287 e. The zero-order valence-electron chi connectivity index (χ0n) is 10.7. The lowest BCUT2D eigenvalue weighted by molar-refractivity contribution is 1.00. The molecule has 20 heavy (non-hydrogen) atoms. The van der Waals surface area contributed by atoms with Gasteiger partial charge < -0.3 is 5.73 Å². The number of nitrogens with one attached hydrogen (secondary N) is 1. The van der Waals surface area contributed by atoms with E-state index in [1.54, 1.807) is 0 Å². The van der Waals surface area contributed by atoms with Crippen molar-refractivity contribution in [3.05, 3.63) is 71.0 Å². The lowest BCUT2D eigenvalue weighted by atomic mass is 9.99. The van der Waals surface area contributed by atoms with Crippen LogP contribution in [0.1, 0.15) is 0 Å². The minimum Gasteiger partial charge on any atom is -0.394 e. The van der Waals surface area contributed by atoms with Gasteiger partial charge in [0, 0.05) is 11.1 Å². The number of benzene rings is 2. The summed E-state index contributed by atoms with van der Waals surface area (Å²) in [5, 5.41) is 6.61. The van der Waals surface area contributed by atoms with Crippen LogP contribution in [0.25, 0.3) is 22.4 Å². The number of aromatic nitrogens is 2. The second-order valence-electron chi connectivity index (χ2n) is 4.42. The Morgan fingerprint density at radius 3 is 2.00 bits per heavy atom. The summed E-state index contributed by atoms with van der Waals surface area (Å²) in [6.07, 6.45) is 0.